The van der Waals surface area contributed by atoms with Crippen LogP contribution in [0.1, 0.15) is 19.8 Å². The average Bonchev–Trinajstić information content (AvgIpc) is 2.54. The van der Waals surface area contributed by atoms with E-state index in [2.05, 4.69) is 6.58 Å². The van der Waals surface area contributed by atoms with Crippen molar-refractivity contribution < 1.29 is 9.90 Å². The van der Waals surface area contributed by atoms with Gasteiger partial charge in [-0.25, -0.2) is 0 Å². The number of pyridine rings is 1. The van der Waals surface area contributed by atoms with Crippen molar-refractivity contribution in [2.24, 2.45) is 0 Å². The van der Waals surface area contributed by atoms with Crippen molar-refractivity contribution in [1.82, 2.24) is 4.57 Å². The smallest absolute Gasteiger partial charge is 0.305 e. The van der Waals surface area contributed by atoms with Gasteiger partial charge in [0.05, 0.1) is 11.9 Å². The van der Waals surface area contributed by atoms with E-state index in [0.717, 1.165) is 29.6 Å². The average molecular weight is 314 g/mol. The van der Waals surface area contributed by atoms with Crippen molar-refractivity contribution in [2.75, 3.05) is 18.0 Å². The zero-order valence-corrected chi connectivity index (χ0v) is 13.4. The van der Waals surface area contributed by atoms with Crippen molar-refractivity contribution in [3.63, 3.8) is 0 Å². The maximum absolute atomic E-state index is 12.0. The second kappa shape index (κ2) is 7.63. The summed E-state index contributed by atoms with van der Waals surface area (Å²) in [5.74, 6) is -0.803. The fraction of sp³-hybridized carbons (Fsp3) is 0.333. The van der Waals surface area contributed by atoms with Gasteiger partial charge in [0.2, 0.25) is 0 Å². The molecule has 23 heavy (non-hydrogen) atoms. The van der Waals surface area contributed by atoms with Crippen molar-refractivity contribution >= 4 is 22.6 Å². The summed E-state index contributed by atoms with van der Waals surface area (Å²) in [6.45, 7) is 7.50. The highest BCUT2D eigenvalue weighted by atomic mass is 16.4. The van der Waals surface area contributed by atoms with Crippen LogP contribution in [0.4, 0.5) is 5.69 Å². The van der Waals surface area contributed by atoms with E-state index in [1.165, 1.54) is 0 Å². The molecule has 1 N–H and O–H groups in total. The summed E-state index contributed by atoms with van der Waals surface area (Å²) in [6, 6.07) is 9.26. The predicted octanol–water partition coefficient (Wildman–Crippen LogP) is 2.88. The molecule has 1 aromatic carbocycles. The van der Waals surface area contributed by atoms with Crippen LogP contribution in [-0.2, 0) is 11.3 Å². The Labute approximate surface area is 135 Å². The Morgan fingerprint density at radius 2 is 2.13 bits per heavy atom. The first kappa shape index (κ1) is 16.8. The summed E-state index contributed by atoms with van der Waals surface area (Å²) in [4.78, 5) is 24.8. The van der Waals surface area contributed by atoms with Crippen LogP contribution in [0, 0.1) is 0 Å². The van der Waals surface area contributed by atoms with E-state index in [1.807, 2.05) is 36.1 Å². The highest BCUT2D eigenvalue weighted by Crippen LogP contribution is 2.21. The standard InChI is InChI=1S/C18H22N2O3/c1-3-5-11-20-16-8-7-15(13-14(16)6-9-17(20)21)19(4-2)12-10-18(22)23/h3,6-9,13H,1,4-5,10-12H2,2H3,(H,22,23). The van der Waals surface area contributed by atoms with Gasteiger partial charge in [0, 0.05) is 36.8 Å². The monoisotopic (exact) mass is 314 g/mol. The van der Waals surface area contributed by atoms with Gasteiger partial charge >= 0.3 is 5.97 Å². The number of rotatable bonds is 8. The van der Waals surface area contributed by atoms with Gasteiger partial charge in [-0.15, -0.1) is 6.58 Å². The maximum atomic E-state index is 12.0. The van der Waals surface area contributed by atoms with Crippen LogP contribution in [0.3, 0.4) is 0 Å². The molecule has 0 bridgehead atoms. The molecule has 0 atom stereocenters. The first-order valence-corrected chi connectivity index (χ1v) is 7.78. The number of carboxylic acids is 1. The minimum absolute atomic E-state index is 0.0228. The van der Waals surface area contributed by atoms with Crippen molar-refractivity contribution in [1.29, 1.82) is 0 Å². The number of carboxylic acid groups (broad SMARTS) is 1. The Morgan fingerprint density at radius 3 is 2.78 bits per heavy atom. The summed E-state index contributed by atoms with van der Waals surface area (Å²) in [6.07, 6.45) is 2.63. The van der Waals surface area contributed by atoms with Gasteiger partial charge in [-0.2, -0.15) is 0 Å². The molecular weight excluding hydrogens is 292 g/mol. The SMILES string of the molecule is C=CCCn1c(=O)ccc2cc(N(CC)CCC(=O)O)ccc21. The molecule has 1 heterocycles. The van der Waals surface area contributed by atoms with Gasteiger partial charge in [0.25, 0.3) is 5.56 Å². The topological polar surface area (TPSA) is 62.5 Å². The zero-order valence-electron chi connectivity index (χ0n) is 13.4. The zero-order chi connectivity index (χ0) is 16.8. The summed E-state index contributed by atoms with van der Waals surface area (Å²) >= 11 is 0. The molecule has 5 nitrogen and oxygen atoms in total. The molecule has 0 saturated heterocycles. The lowest BCUT2D eigenvalue weighted by molar-refractivity contribution is -0.136. The van der Waals surface area contributed by atoms with Gasteiger partial charge in [0.1, 0.15) is 0 Å². The van der Waals surface area contributed by atoms with Crippen molar-refractivity contribution in [2.45, 2.75) is 26.3 Å². The third kappa shape index (κ3) is 4.00. The van der Waals surface area contributed by atoms with Gasteiger partial charge < -0.3 is 14.6 Å². The molecular formula is C18H22N2O3. The number of allylic oxidation sites excluding steroid dienone is 1. The number of aryl methyl sites for hydroxylation is 1. The molecule has 0 amide bonds. The van der Waals surface area contributed by atoms with E-state index in [9.17, 15) is 9.59 Å². The van der Waals surface area contributed by atoms with Gasteiger partial charge in [-0.05, 0) is 37.6 Å². The first-order valence-electron chi connectivity index (χ1n) is 7.78. The molecule has 0 aliphatic rings. The number of hydrogen-bond acceptors (Lipinski definition) is 3. The first-order chi connectivity index (χ1) is 11.1. The summed E-state index contributed by atoms with van der Waals surface area (Å²) in [5.41, 5.74) is 1.83. The predicted molar refractivity (Wildman–Crippen MR) is 93.2 cm³/mol. The number of nitrogens with zero attached hydrogens (tertiary/aromatic N) is 2. The Morgan fingerprint density at radius 1 is 1.35 bits per heavy atom. The maximum Gasteiger partial charge on any atom is 0.305 e. The van der Waals surface area contributed by atoms with Crippen LogP contribution >= 0.6 is 0 Å². The quantitative estimate of drug-likeness (QED) is 0.761. The van der Waals surface area contributed by atoms with E-state index >= 15 is 0 Å². The van der Waals surface area contributed by atoms with Crippen LogP contribution in [0.5, 0.6) is 0 Å². The Hall–Kier alpha value is -2.56. The van der Waals surface area contributed by atoms with Crippen LogP contribution in [0.25, 0.3) is 10.9 Å². The van der Waals surface area contributed by atoms with Gasteiger partial charge in [0.15, 0.2) is 0 Å². The number of aromatic nitrogens is 1. The van der Waals surface area contributed by atoms with E-state index in [-0.39, 0.29) is 12.0 Å². The lowest BCUT2D eigenvalue weighted by Crippen LogP contribution is -2.26. The van der Waals surface area contributed by atoms with Crippen LogP contribution in [-0.4, -0.2) is 28.7 Å². The fourth-order valence-electron chi connectivity index (χ4n) is 2.64. The number of hydrogen-bond donors (Lipinski definition) is 1. The molecule has 0 unspecified atom stereocenters. The van der Waals surface area contributed by atoms with E-state index in [0.29, 0.717) is 13.1 Å². The summed E-state index contributed by atoms with van der Waals surface area (Å²) in [7, 11) is 0. The highest BCUT2D eigenvalue weighted by molar-refractivity contribution is 5.83. The molecule has 0 spiro atoms. The largest absolute Gasteiger partial charge is 0.481 e. The molecule has 2 aromatic rings. The summed E-state index contributed by atoms with van der Waals surface area (Å²) < 4.78 is 1.74. The van der Waals surface area contributed by atoms with Crippen molar-refractivity contribution in [3.8, 4) is 0 Å². The normalized spacial score (nSPS) is 10.7. The molecule has 0 aliphatic carbocycles. The van der Waals surface area contributed by atoms with E-state index < -0.39 is 5.97 Å². The third-order valence-corrected chi connectivity index (χ3v) is 3.87. The summed E-state index contributed by atoms with van der Waals surface area (Å²) in [5, 5.41) is 9.83. The molecule has 0 saturated carbocycles. The molecule has 2 rings (SSSR count). The van der Waals surface area contributed by atoms with Gasteiger partial charge in [-0.3, -0.25) is 9.59 Å². The second-order valence-corrected chi connectivity index (χ2v) is 5.37. The number of carbonyl (C=O) groups is 1. The van der Waals surface area contributed by atoms with Gasteiger partial charge in [-0.1, -0.05) is 6.08 Å². The van der Waals surface area contributed by atoms with Crippen LogP contribution in [0.2, 0.25) is 0 Å². The highest BCUT2D eigenvalue weighted by Gasteiger charge is 2.09. The molecule has 0 fully saturated rings. The van der Waals surface area contributed by atoms with E-state index in [4.69, 9.17) is 5.11 Å². The third-order valence-electron chi connectivity index (χ3n) is 3.87. The number of anilines is 1. The van der Waals surface area contributed by atoms with Crippen LogP contribution < -0.4 is 10.5 Å². The lowest BCUT2D eigenvalue weighted by atomic mass is 10.1. The Kier molecular flexibility index (Phi) is 5.57. The molecule has 1 aromatic heterocycles. The Bertz CT molecular complexity index is 764. The fourth-order valence-corrected chi connectivity index (χ4v) is 2.64. The molecule has 5 heteroatoms. The van der Waals surface area contributed by atoms with Crippen LogP contribution in [0.15, 0.2) is 47.8 Å². The van der Waals surface area contributed by atoms with Crippen molar-refractivity contribution in [3.05, 3.63) is 53.3 Å². The Balaban J connectivity index is 2.38. The number of fused-ring (bicyclic) bond motifs is 1. The second-order valence-electron chi connectivity index (χ2n) is 5.37. The van der Waals surface area contributed by atoms with E-state index in [1.54, 1.807) is 16.7 Å². The molecule has 0 aliphatic heterocycles. The minimum Gasteiger partial charge on any atom is -0.481 e. The molecule has 122 valence electrons. The number of benzene rings is 1. The number of aliphatic carboxylic acids is 1. The minimum atomic E-state index is -0.803. The molecule has 0 radical (unpaired) electrons. The lowest BCUT2D eigenvalue weighted by Gasteiger charge is -2.23.